The van der Waals surface area contributed by atoms with Gasteiger partial charge in [0.25, 0.3) is 0 Å². The van der Waals surface area contributed by atoms with Crippen LogP contribution in [0.25, 0.3) is 0 Å². The van der Waals surface area contributed by atoms with Gasteiger partial charge in [-0.1, -0.05) is 13.8 Å². The van der Waals surface area contributed by atoms with E-state index in [-0.39, 0.29) is 6.61 Å². The number of aliphatic hydroxyl groups is 1. The van der Waals surface area contributed by atoms with Crippen molar-refractivity contribution in [3.05, 3.63) is 0 Å². The Morgan fingerprint density at radius 2 is 2.31 bits per heavy atom. The molecule has 0 radical (unpaired) electrons. The van der Waals surface area contributed by atoms with Gasteiger partial charge < -0.3 is 9.84 Å². The molecule has 92 valence electrons. The first-order valence-corrected chi connectivity index (χ1v) is 6.29. The predicted molar refractivity (Wildman–Crippen MR) is 62.8 cm³/mol. The lowest BCUT2D eigenvalue weighted by Crippen LogP contribution is -2.38. The van der Waals surface area contributed by atoms with E-state index in [0.717, 1.165) is 19.3 Å². The molecule has 0 aromatic heterocycles. The highest BCUT2D eigenvalue weighted by Crippen LogP contribution is 2.38. The van der Waals surface area contributed by atoms with Gasteiger partial charge in [0.2, 0.25) is 0 Å². The lowest BCUT2D eigenvalue weighted by atomic mass is 9.74. The molecule has 0 spiro atoms. The molecule has 1 fully saturated rings. The van der Waals surface area contributed by atoms with Crippen LogP contribution in [-0.2, 0) is 4.74 Å². The van der Waals surface area contributed by atoms with E-state index in [0.29, 0.717) is 24.9 Å². The van der Waals surface area contributed by atoms with Crippen LogP contribution < -0.4 is 0 Å². The Hall–Kier alpha value is -0.590. The lowest BCUT2D eigenvalue weighted by Gasteiger charge is -2.37. The zero-order chi connectivity index (χ0) is 12.0. The molecular formula is C13H23NO2. The smallest absolute Gasteiger partial charge is 0.154 e. The summed E-state index contributed by atoms with van der Waals surface area (Å²) in [5, 5.41) is 18.0. The number of aliphatic hydroxyl groups excluding tert-OH is 1. The van der Waals surface area contributed by atoms with Gasteiger partial charge >= 0.3 is 0 Å². The summed E-state index contributed by atoms with van der Waals surface area (Å²) < 4.78 is 5.72. The Kier molecular flexibility index (Phi) is 5.24. The molecule has 2 atom stereocenters. The first-order chi connectivity index (χ1) is 7.63. The molecule has 0 bridgehead atoms. The summed E-state index contributed by atoms with van der Waals surface area (Å²) in [7, 11) is 0. The van der Waals surface area contributed by atoms with E-state index in [1.165, 1.54) is 6.42 Å². The number of hydrogen-bond acceptors (Lipinski definition) is 3. The summed E-state index contributed by atoms with van der Waals surface area (Å²) in [6.45, 7) is 5.06. The fraction of sp³-hybridized carbons (Fsp3) is 0.923. The molecule has 1 rings (SSSR count). The molecule has 0 heterocycles. The van der Waals surface area contributed by atoms with Crippen molar-refractivity contribution in [1.29, 1.82) is 5.26 Å². The Morgan fingerprint density at radius 1 is 1.56 bits per heavy atom. The Balaban J connectivity index is 2.54. The van der Waals surface area contributed by atoms with Crippen LogP contribution in [-0.4, -0.2) is 23.9 Å². The minimum absolute atomic E-state index is 0.134. The van der Waals surface area contributed by atoms with Gasteiger partial charge in [0.1, 0.15) is 0 Å². The third kappa shape index (κ3) is 3.47. The van der Waals surface area contributed by atoms with Crippen LogP contribution in [0, 0.1) is 23.2 Å². The first-order valence-electron chi connectivity index (χ1n) is 6.29. The Bertz CT molecular complexity index is 247. The van der Waals surface area contributed by atoms with E-state index in [1.54, 1.807) is 0 Å². The molecule has 0 aromatic carbocycles. The van der Waals surface area contributed by atoms with Crippen LogP contribution in [0.3, 0.4) is 0 Å². The molecule has 0 saturated heterocycles. The fourth-order valence-corrected chi connectivity index (χ4v) is 2.44. The number of ether oxygens (including phenoxy) is 1. The second-order valence-electron chi connectivity index (χ2n) is 5.13. The van der Waals surface area contributed by atoms with E-state index in [9.17, 15) is 5.26 Å². The highest BCUT2D eigenvalue weighted by atomic mass is 16.5. The van der Waals surface area contributed by atoms with Crippen molar-refractivity contribution in [2.24, 2.45) is 11.8 Å². The topological polar surface area (TPSA) is 53.2 Å². The van der Waals surface area contributed by atoms with Crippen LogP contribution in [0.15, 0.2) is 0 Å². The van der Waals surface area contributed by atoms with Crippen molar-refractivity contribution in [2.45, 2.75) is 51.6 Å². The number of nitriles is 1. The lowest BCUT2D eigenvalue weighted by molar-refractivity contribution is -0.0511. The maximum atomic E-state index is 9.30. The Morgan fingerprint density at radius 3 is 2.88 bits per heavy atom. The van der Waals surface area contributed by atoms with Gasteiger partial charge in [-0.2, -0.15) is 5.26 Å². The highest BCUT2D eigenvalue weighted by molar-refractivity contribution is 5.05. The standard InChI is InChI=1S/C13H23NO2/c1-11(2)12-5-3-6-13(9-12,10-14)16-8-4-7-15/h11-12,15H,3-9H2,1-2H3. The largest absolute Gasteiger partial charge is 0.396 e. The van der Waals surface area contributed by atoms with Crippen molar-refractivity contribution < 1.29 is 9.84 Å². The van der Waals surface area contributed by atoms with Crippen LogP contribution in [0.4, 0.5) is 0 Å². The van der Waals surface area contributed by atoms with Crippen LogP contribution in [0.5, 0.6) is 0 Å². The van der Waals surface area contributed by atoms with E-state index in [1.807, 2.05) is 0 Å². The first kappa shape index (κ1) is 13.5. The van der Waals surface area contributed by atoms with Crippen molar-refractivity contribution in [2.75, 3.05) is 13.2 Å². The van der Waals surface area contributed by atoms with Crippen molar-refractivity contribution in [3.63, 3.8) is 0 Å². The Labute approximate surface area is 98.4 Å². The van der Waals surface area contributed by atoms with Gasteiger partial charge in [-0.05, 0) is 43.9 Å². The highest BCUT2D eigenvalue weighted by Gasteiger charge is 2.38. The summed E-state index contributed by atoms with van der Waals surface area (Å²) in [4.78, 5) is 0. The molecular weight excluding hydrogens is 202 g/mol. The zero-order valence-electron chi connectivity index (χ0n) is 10.4. The average molecular weight is 225 g/mol. The molecule has 0 amide bonds. The van der Waals surface area contributed by atoms with E-state index in [4.69, 9.17) is 9.84 Å². The number of rotatable bonds is 5. The van der Waals surface area contributed by atoms with Crippen LogP contribution >= 0.6 is 0 Å². The minimum atomic E-state index is -0.581. The van der Waals surface area contributed by atoms with Gasteiger partial charge in [-0.15, -0.1) is 0 Å². The summed E-state index contributed by atoms with van der Waals surface area (Å²) in [5.74, 6) is 1.22. The van der Waals surface area contributed by atoms with Gasteiger partial charge in [-0.25, -0.2) is 0 Å². The second-order valence-corrected chi connectivity index (χ2v) is 5.13. The predicted octanol–water partition coefficient (Wildman–Crippen LogP) is 2.49. The van der Waals surface area contributed by atoms with E-state index < -0.39 is 5.60 Å². The summed E-state index contributed by atoms with van der Waals surface area (Å²) in [6.07, 6.45) is 4.61. The molecule has 0 aromatic rings. The number of nitrogens with zero attached hydrogens (tertiary/aromatic N) is 1. The van der Waals surface area contributed by atoms with E-state index >= 15 is 0 Å². The molecule has 2 unspecified atom stereocenters. The molecule has 1 saturated carbocycles. The van der Waals surface area contributed by atoms with Crippen molar-refractivity contribution in [1.82, 2.24) is 0 Å². The van der Waals surface area contributed by atoms with E-state index in [2.05, 4.69) is 19.9 Å². The molecule has 16 heavy (non-hydrogen) atoms. The summed E-state index contributed by atoms with van der Waals surface area (Å²) in [6, 6.07) is 2.36. The quantitative estimate of drug-likeness (QED) is 0.731. The van der Waals surface area contributed by atoms with Crippen molar-refractivity contribution >= 4 is 0 Å². The van der Waals surface area contributed by atoms with Gasteiger partial charge in [-0.3, -0.25) is 0 Å². The maximum Gasteiger partial charge on any atom is 0.154 e. The average Bonchev–Trinajstić information content (AvgIpc) is 2.30. The van der Waals surface area contributed by atoms with Gasteiger partial charge in [0.15, 0.2) is 5.60 Å². The normalized spacial score (nSPS) is 30.3. The second kappa shape index (κ2) is 6.22. The maximum absolute atomic E-state index is 9.30. The van der Waals surface area contributed by atoms with Crippen LogP contribution in [0.1, 0.15) is 46.0 Å². The van der Waals surface area contributed by atoms with Crippen LogP contribution in [0.2, 0.25) is 0 Å². The SMILES string of the molecule is CC(C)C1CCCC(C#N)(OCCCO)C1. The van der Waals surface area contributed by atoms with Gasteiger partial charge in [0, 0.05) is 6.61 Å². The summed E-state index contributed by atoms with van der Waals surface area (Å²) in [5.41, 5.74) is -0.581. The molecule has 1 aliphatic carbocycles. The molecule has 1 N–H and O–H groups in total. The monoisotopic (exact) mass is 225 g/mol. The molecule has 3 heteroatoms. The molecule has 1 aliphatic rings. The fourth-order valence-electron chi connectivity index (χ4n) is 2.44. The third-order valence-electron chi connectivity index (χ3n) is 3.57. The van der Waals surface area contributed by atoms with Gasteiger partial charge in [0.05, 0.1) is 12.7 Å². The third-order valence-corrected chi connectivity index (χ3v) is 3.57. The molecule has 0 aliphatic heterocycles. The molecule has 3 nitrogen and oxygen atoms in total. The summed E-state index contributed by atoms with van der Waals surface area (Å²) >= 11 is 0. The van der Waals surface area contributed by atoms with Crippen molar-refractivity contribution in [3.8, 4) is 6.07 Å². The zero-order valence-corrected chi connectivity index (χ0v) is 10.4. The number of hydrogen-bond donors (Lipinski definition) is 1. The minimum Gasteiger partial charge on any atom is -0.396 e.